The molecule has 4 nitrogen and oxygen atoms in total. The van der Waals surface area contributed by atoms with Crippen LogP contribution in [-0.4, -0.2) is 17.5 Å². The molecule has 0 atom stereocenters. The third-order valence-corrected chi connectivity index (χ3v) is 5.58. The zero-order valence-electron chi connectivity index (χ0n) is 14.2. The summed E-state index contributed by atoms with van der Waals surface area (Å²) in [7, 11) is 0. The molecule has 0 bridgehead atoms. The van der Waals surface area contributed by atoms with Gasteiger partial charge in [0.25, 0.3) is 5.91 Å². The van der Waals surface area contributed by atoms with E-state index in [9.17, 15) is 18.0 Å². The maximum atomic E-state index is 12.6. The molecule has 1 aromatic heterocycles. The summed E-state index contributed by atoms with van der Waals surface area (Å²) < 4.78 is 43.0. The Kier molecular flexibility index (Phi) is 5.22. The number of nitrogens with one attached hydrogen (secondary N) is 1. The number of amides is 1. The van der Waals surface area contributed by atoms with Crippen LogP contribution in [0.1, 0.15) is 41.9 Å². The SMILES string of the molecule is Cc1csc(C2(NC(=O)COc3ccc(C(F)(F)F)cc3)CCCC2)n1. The Morgan fingerprint density at radius 2 is 1.92 bits per heavy atom. The number of alkyl halides is 3. The minimum absolute atomic E-state index is 0.221. The number of rotatable bonds is 5. The van der Waals surface area contributed by atoms with E-state index in [1.54, 1.807) is 0 Å². The maximum absolute atomic E-state index is 12.6. The van der Waals surface area contributed by atoms with Crippen molar-refractivity contribution in [2.24, 2.45) is 0 Å². The van der Waals surface area contributed by atoms with Gasteiger partial charge in [-0.05, 0) is 44.0 Å². The van der Waals surface area contributed by atoms with Crippen molar-refractivity contribution in [2.75, 3.05) is 6.61 Å². The van der Waals surface area contributed by atoms with Crippen molar-refractivity contribution in [3.8, 4) is 5.75 Å². The molecule has 2 aromatic rings. The molecule has 0 spiro atoms. The lowest BCUT2D eigenvalue weighted by Gasteiger charge is -2.28. The first-order chi connectivity index (χ1) is 12.3. The minimum atomic E-state index is -4.39. The van der Waals surface area contributed by atoms with E-state index in [2.05, 4.69) is 10.3 Å². The molecule has 0 unspecified atom stereocenters. The van der Waals surface area contributed by atoms with Crippen LogP contribution in [0, 0.1) is 6.92 Å². The topological polar surface area (TPSA) is 51.2 Å². The Bertz CT molecular complexity index is 765. The predicted octanol–water partition coefficient (Wildman–Crippen LogP) is 4.43. The second kappa shape index (κ2) is 7.26. The molecular formula is C18H19F3N2O2S. The zero-order valence-corrected chi connectivity index (χ0v) is 15.0. The lowest BCUT2D eigenvalue weighted by Crippen LogP contribution is -2.45. The van der Waals surface area contributed by atoms with Crippen LogP contribution in [0.15, 0.2) is 29.6 Å². The van der Waals surface area contributed by atoms with Gasteiger partial charge in [0, 0.05) is 11.1 Å². The number of aromatic nitrogens is 1. The summed E-state index contributed by atoms with van der Waals surface area (Å²) in [6, 6.07) is 4.30. The van der Waals surface area contributed by atoms with Gasteiger partial charge >= 0.3 is 6.18 Å². The maximum Gasteiger partial charge on any atom is 0.416 e. The quantitative estimate of drug-likeness (QED) is 0.829. The Balaban J connectivity index is 1.61. The molecule has 140 valence electrons. The number of benzene rings is 1. The average molecular weight is 384 g/mol. The fourth-order valence-electron chi connectivity index (χ4n) is 3.14. The van der Waals surface area contributed by atoms with E-state index >= 15 is 0 Å². The number of carbonyl (C=O) groups is 1. The van der Waals surface area contributed by atoms with Gasteiger partial charge in [0.2, 0.25) is 0 Å². The third-order valence-electron chi connectivity index (χ3n) is 4.42. The van der Waals surface area contributed by atoms with E-state index < -0.39 is 17.3 Å². The van der Waals surface area contributed by atoms with Crippen LogP contribution >= 0.6 is 11.3 Å². The summed E-state index contributed by atoms with van der Waals surface area (Å²) in [4.78, 5) is 16.9. The second-order valence-electron chi connectivity index (χ2n) is 6.44. The molecule has 0 aliphatic heterocycles. The van der Waals surface area contributed by atoms with Crippen LogP contribution in [-0.2, 0) is 16.5 Å². The van der Waals surface area contributed by atoms with E-state index in [4.69, 9.17) is 4.74 Å². The predicted molar refractivity (Wildman–Crippen MR) is 92.1 cm³/mol. The molecule has 1 saturated carbocycles. The van der Waals surface area contributed by atoms with Gasteiger partial charge in [-0.3, -0.25) is 4.79 Å². The molecule has 1 aliphatic rings. The molecule has 26 heavy (non-hydrogen) atoms. The van der Waals surface area contributed by atoms with Crippen molar-refractivity contribution in [3.05, 3.63) is 45.9 Å². The average Bonchev–Trinajstić information content (AvgIpc) is 3.22. The van der Waals surface area contributed by atoms with Crippen molar-refractivity contribution in [1.82, 2.24) is 10.3 Å². The van der Waals surface area contributed by atoms with Gasteiger partial charge in [0.05, 0.1) is 11.1 Å². The third kappa shape index (κ3) is 4.17. The molecule has 0 radical (unpaired) electrons. The normalized spacial score (nSPS) is 16.5. The molecule has 0 saturated heterocycles. The van der Waals surface area contributed by atoms with E-state index in [-0.39, 0.29) is 18.3 Å². The molecule has 1 amide bonds. The molecule has 1 fully saturated rings. The molecule has 1 aromatic carbocycles. The monoisotopic (exact) mass is 384 g/mol. The number of halogens is 3. The van der Waals surface area contributed by atoms with Crippen molar-refractivity contribution < 1.29 is 22.7 Å². The Labute approximate surface area is 153 Å². The fraction of sp³-hybridized carbons (Fsp3) is 0.444. The molecule has 3 rings (SSSR count). The lowest BCUT2D eigenvalue weighted by atomic mass is 9.98. The Hall–Kier alpha value is -2.09. The van der Waals surface area contributed by atoms with E-state index in [0.29, 0.717) is 0 Å². The first kappa shape index (κ1) is 18.7. The number of aryl methyl sites for hydroxylation is 1. The lowest BCUT2D eigenvalue weighted by molar-refractivity contribution is -0.137. The molecule has 8 heteroatoms. The molecule has 1 heterocycles. The first-order valence-electron chi connectivity index (χ1n) is 8.32. The Morgan fingerprint density at radius 3 is 2.46 bits per heavy atom. The van der Waals surface area contributed by atoms with Gasteiger partial charge in [-0.15, -0.1) is 11.3 Å². The van der Waals surface area contributed by atoms with Gasteiger partial charge in [0.1, 0.15) is 10.8 Å². The smallest absolute Gasteiger partial charge is 0.416 e. The second-order valence-corrected chi connectivity index (χ2v) is 7.30. The van der Waals surface area contributed by atoms with Crippen LogP contribution in [0.25, 0.3) is 0 Å². The highest BCUT2D eigenvalue weighted by Gasteiger charge is 2.39. The van der Waals surface area contributed by atoms with Gasteiger partial charge in [-0.1, -0.05) is 12.8 Å². The summed E-state index contributed by atoms with van der Waals surface area (Å²) in [6.45, 7) is 1.66. The summed E-state index contributed by atoms with van der Waals surface area (Å²) >= 11 is 1.53. The molecular weight excluding hydrogens is 365 g/mol. The van der Waals surface area contributed by atoms with Crippen LogP contribution in [0.5, 0.6) is 5.75 Å². The largest absolute Gasteiger partial charge is 0.484 e. The molecule has 1 aliphatic carbocycles. The van der Waals surface area contributed by atoms with Crippen LogP contribution in [0.3, 0.4) is 0 Å². The Morgan fingerprint density at radius 1 is 1.27 bits per heavy atom. The summed E-state index contributed by atoms with van der Waals surface area (Å²) in [5.41, 5.74) is -0.288. The minimum Gasteiger partial charge on any atom is -0.484 e. The van der Waals surface area contributed by atoms with Gasteiger partial charge in [-0.2, -0.15) is 13.2 Å². The number of hydrogen-bond donors (Lipinski definition) is 1. The summed E-state index contributed by atoms with van der Waals surface area (Å²) in [6.07, 6.45) is -0.716. The fourth-order valence-corrected chi connectivity index (χ4v) is 4.15. The van der Waals surface area contributed by atoms with E-state index in [1.165, 1.54) is 23.5 Å². The van der Waals surface area contributed by atoms with Crippen molar-refractivity contribution >= 4 is 17.2 Å². The van der Waals surface area contributed by atoms with Crippen LogP contribution in [0.4, 0.5) is 13.2 Å². The van der Waals surface area contributed by atoms with Gasteiger partial charge in [-0.25, -0.2) is 4.98 Å². The number of nitrogens with zero attached hydrogens (tertiary/aromatic N) is 1. The highest BCUT2D eigenvalue weighted by atomic mass is 32.1. The van der Waals surface area contributed by atoms with Gasteiger partial charge in [0.15, 0.2) is 6.61 Å². The standard InChI is InChI=1S/C18H19F3N2O2S/c1-12-11-26-16(22-12)17(8-2-3-9-17)23-15(24)10-25-14-6-4-13(5-7-14)18(19,20)21/h4-7,11H,2-3,8-10H2,1H3,(H,23,24). The highest BCUT2D eigenvalue weighted by molar-refractivity contribution is 7.09. The number of hydrogen-bond acceptors (Lipinski definition) is 4. The van der Waals surface area contributed by atoms with E-state index in [0.717, 1.165) is 48.5 Å². The van der Waals surface area contributed by atoms with Crippen molar-refractivity contribution in [1.29, 1.82) is 0 Å². The first-order valence-corrected chi connectivity index (χ1v) is 9.20. The number of ether oxygens (including phenoxy) is 1. The van der Waals surface area contributed by atoms with Gasteiger partial charge < -0.3 is 10.1 Å². The number of thiazole rings is 1. The zero-order chi connectivity index (χ0) is 18.8. The van der Waals surface area contributed by atoms with Crippen molar-refractivity contribution in [3.63, 3.8) is 0 Å². The van der Waals surface area contributed by atoms with Crippen LogP contribution < -0.4 is 10.1 Å². The number of carbonyl (C=O) groups excluding carboxylic acids is 1. The molecule has 1 N–H and O–H groups in total. The van der Waals surface area contributed by atoms with Crippen LogP contribution in [0.2, 0.25) is 0 Å². The van der Waals surface area contributed by atoms with E-state index in [1.807, 2.05) is 12.3 Å². The highest BCUT2D eigenvalue weighted by Crippen LogP contribution is 2.40. The van der Waals surface area contributed by atoms with Crippen molar-refractivity contribution in [2.45, 2.75) is 44.3 Å². The summed E-state index contributed by atoms with van der Waals surface area (Å²) in [5, 5.41) is 5.89. The summed E-state index contributed by atoms with van der Waals surface area (Å²) in [5.74, 6) is -0.0848.